The molecule has 0 radical (unpaired) electrons. The summed E-state index contributed by atoms with van der Waals surface area (Å²) in [6.07, 6.45) is 7.47. The Hall–Kier alpha value is -2.44. The molecule has 0 aliphatic carbocycles. The Labute approximate surface area is 122 Å². The molecule has 1 N–H and O–H groups in total. The van der Waals surface area contributed by atoms with E-state index in [4.69, 9.17) is 4.74 Å². The van der Waals surface area contributed by atoms with Gasteiger partial charge in [0, 0.05) is 12.4 Å². The monoisotopic (exact) mass is 290 g/mol. The van der Waals surface area contributed by atoms with E-state index in [1.165, 1.54) is 13.3 Å². The van der Waals surface area contributed by atoms with Crippen molar-refractivity contribution < 1.29 is 14.3 Å². The van der Waals surface area contributed by atoms with Gasteiger partial charge in [-0.1, -0.05) is 13.3 Å². The molecule has 112 valence electrons. The fourth-order valence-electron chi connectivity index (χ4n) is 2.27. The Morgan fingerprint density at radius 1 is 1.43 bits per heavy atom. The SMILES string of the molecule is CCCC(C)(NC(=O)c1cnn2ccncc12)C(=O)OC. The number of aromatic nitrogens is 3. The van der Waals surface area contributed by atoms with Gasteiger partial charge in [-0.15, -0.1) is 0 Å². The molecule has 0 bridgehead atoms. The summed E-state index contributed by atoms with van der Waals surface area (Å²) in [5.74, 6) is -0.841. The zero-order valence-corrected chi connectivity index (χ0v) is 12.3. The number of hydrogen-bond acceptors (Lipinski definition) is 5. The molecule has 1 unspecified atom stereocenters. The molecular formula is C14H18N4O3. The van der Waals surface area contributed by atoms with Crippen LogP contribution in [0.1, 0.15) is 37.0 Å². The standard InChI is InChI=1S/C14H18N4O3/c1-4-5-14(2,13(20)21-3)17-12(19)10-8-16-18-7-6-15-9-11(10)18/h6-9H,4-5H2,1-3H3,(H,17,19). The maximum Gasteiger partial charge on any atom is 0.331 e. The van der Waals surface area contributed by atoms with Crippen LogP contribution in [-0.4, -0.2) is 39.1 Å². The second-order valence-corrected chi connectivity index (χ2v) is 4.99. The topological polar surface area (TPSA) is 85.6 Å². The van der Waals surface area contributed by atoms with Gasteiger partial charge in [0.1, 0.15) is 5.54 Å². The molecule has 0 saturated carbocycles. The van der Waals surface area contributed by atoms with E-state index in [-0.39, 0.29) is 5.91 Å². The summed E-state index contributed by atoms with van der Waals surface area (Å²) < 4.78 is 6.34. The Kier molecular flexibility index (Phi) is 4.21. The van der Waals surface area contributed by atoms with E-state index < -0.39 is 11.5 Å². The first-order chi connectivity index (χ1) is 10.0. The maximum atomic E-state index is 12.4. The zero-order valence-electron chi connectivity index (χ0n) is 12.3. The van der Waals surface area contributed by atoms with E-state index in [1.54, 1.807) is 30.0 Å². The predicted octanol–water partition coefficient (Wildman–Crippen LogP) is 1.19. The summed E-state index contributed by atoms with van der Waals surface area (Å²) in [6.45, 7) is 3.59. The summed E-state index contributed by atoms with van der Waals surface area (Å²) in [5.41, 5.74) is -0.107. The molecule has 1 atom stereocenters. The Morgan fingerprint density at radius 2 is 2.19 bits per heavy atom. The smallest absolute Gasteiger partial charge is 0.331 e. The van der Waals surface area contributed by atoms with Crippen molar-refractivity contribution in [2.45, 2.75) is 32.2 Å². The van der Waals surface area contributed by atoms with Gasteiger partial charge >= 0.3 is 5.97 Å². The highest BCUT2D eigenvalue weighted by Gasteiger charge is 2.35. The number of nitrogens with one attached hydrogen (secondary N) is 1. The summed E-state index contributed by atoms with van der Waals surface area (Å²) in [4.78, 5) is 28.3. The van der Waals surface area contributed by atoms with Crippen LogP contribution in [0, 0.1) is 0 Å². The number of esters is 1. The Bertz CT molecular complexity index is 667. The summed E-state index contributed by atoms with van der Waals surface area (Å²) in [5, 5.41) is 6.83. The van der Waals surface area contributed by atoms with Crippen LogP contribution in [0.3, 0.4) is 0 Å². The molecule has 0 spiro atoms. The quantitative estimate of drug-likeness (QED) is 0.836. The third-order valence-corrected chi connectivity index (χ3v) is 3.34. The van der Waals surface area contributed by atoms with Crippen molar-refractivity contribution in [1.82, 2.24) is 19.9 Å². The second-order valence-electron chi connectivity index (χ2n) is 4.99. The van der Waals surface area contributed by atoms with Crippen LogP contribution in [0.25, 0.3) is 5.52 Å². The van der Waals surface area contributed by atoms with Crippen molar-refractivity contribution in [2.75, 3.05) is 7.11 Å². The maximum absolute atomic E-state index is 12.4. The molecule has 7 nitrogen and oxygen atoms in total. The van der Waals surface area contributed by atoms with Gasteiger partial charge in [-0.25, -0.2) is 9.31 Å². The number of amides is 1. The van der Waals surface area contributed by atoms with E-state index >= 15 is 0 Å². The molecule has 0 aliphatic rings. The minimum atomic E-state index is -1.06. The lowest BCUT2D eigenvalue weighted by atomic mass is 9.95. The molecule has 21 heavy (non-hydrogen) atoms. The van der Waals surface area contributed by atoms with Crippen molar-refractivity contribution in [1.29, 1.82) is 0 Å². The average molecular weight is 290 g/mol. The van der Waals surface area contributed by atoms with Crippen LogP contribution >= 0.6 is 0 Å². The third kappa shape index (κ3) is 2.86. The minimum absolute atomic E-state index is 0.370. The van der Waals surface area contributed by atoms with Crippen LogP contribution in [0.15, 0.2) is 24.8 Å². The number of carbonyl (C=O) groups excluding carboxylic acids is 2. The van der Waals surface area contributed by atoms with Gasteiger partial charge in [-0.2, -0.15) is 5.10 Å². The number of methoxy groups -OCH3 is 1. The van der Waals surface area contributed by atoms with Crippen LogP contribution in [0.2, 0.25) is 0 Å². The van der Waals surface area contributed by atoms with Crippen molar-refractivity contribution in [3.8, 4) is 0 Å². The van der Waals surface area contributed by atoms with Crippen molar-refractivity contribution >= 4 is 17.4 Å². The molecule has 2 heterocycles. The molecule has 2 aromatic rings. The molecule has 0 aromatic carbocycles. The van der Waals surface area contributed by atoms with Gasteiger partial charge in [0.25, 0.3) is 5.91 Å². The highest BCUT2D eigenvalue weighted by molar-refractivity contribution is 6.02. The second kappa shape index (κ2) is 5.90. The zero-order chi connectivity index (χ0) is 15.5. The molecule has 0 saturated heterocycles. The third-order valence-electron chi connectivity index (χ3n) is 3.34. The minimum Gasteiger partial charge on any atom is -0.467 e. The molecule has 0 aliphatic heterocycles. The lowest BCUT2D eigenvalue weighted by molar-refractivity contribution is -0.147. The van der Waals surface area contributed by atoms with Crippen LogP contribution < -0.4 is 5.32 Å². The molecule has 2 rings (SSSR count). The molecule has 1 amide bonds. The van der Waals surface area contributed by atoms with E-state index in [2.05, 4.69) is 15.4 Å². The molecule has 0 fully saturated rings. The number of fused-ring (bicyclic) bond motifs is 1. The number of hydrogen-bond donors (Lipinski definition) is 1. The van der Waals surface area contributed by atoms with E-state index in [1.807, 2.05) is 6.92 Å². The van der Waals surface area contributed by atoms with Crippen LogP contribution in [0.4, 0.5) is 0 Å². The highest BCUT2D eigenvalue weighted by Crippen LogP contribution is 2.17. The predicted molar refractivity (Wildman–Crippen MR) is 75.8 cm³/mol. The molecule has 2 aromatic heterocycles. The van der Waals surface area contributed by atoms with Gasteiger partial charge in [-0.05, 0) is 13.3 Å². The molecule has 7 heteroatoms. The van der Waals surface area contributed by atoms with Gasteiger partial charge in [0.05, 0.1) is 30.6 Å². The number of nitrogens with zero attached hydrogens (tertiary/aromatic N) is 3. The lowest BCUT2D eigenvalue weighted by Gasteiger charge is -2.27. The fourth-order valence-corrected chi connectivity index (χ4v) is 2.27. The van der Waals surface area contributed by atoms with E-state index in [9.17, 15) is 9.59 Å². The fraction of sp³-hybridized carbons (Fsp3) is 0.429. The number of carbonyl (C=O) groups is 2. The van der Waals surface area contributed by atoms with Crippen molar-refractivity contribution in [3.63, 3.8) is 0 Å². The van der Waals surface area contributed by atoms with Gasteiger partial charge in [-0.3, -0.25) is 9.78 Å². The first kappa shape index (κ1) is 15.0. The highest BCUT2D eigenvalue weighted by atomic mass is 16.5. The number of rotatable bonds is 5. The van der Waals surface area contributed by atoms with Crippen LogP contribution in [-0.2, 0) is 9.53 Å². The van der Waals surface area contributed by atoms with E-state index in [0.29, 0.717) is 17.5 Å². The van der Waals surface area contributed by atoms with Crippen molar-refractivity contribution in [3.05, 3.63) is 30.4 Å². The van der Waals surface area contributed by atoms with Gasteiger partial charge in [0.15, 0.2) is 0 Å². The van der Waals surface area contributed by atoms with E-state index in [0.717, 1.165) is 6.42 Å². The van der Waals surface area contributed by atoms with Crippen LogP contribution in [0.5, 0.6) is 0 Å². The number of ether oxygens (including phenoxy) is 1. The summed E-state index contributed by atoms with van der Waals surface area (Å²) in [7, 11) is 1.31. The average Bonchev–Trinajstić information content (AvgIpc) is 2.90. The largest absolute Gasteiger partial charge is 0.467 e. The first-order valence-corrected chi connectivity index (χ1v) is 6.70. The Balaban J connectivity index is 2.29. The first-order valence-electron chi connectivity index (χ1n) is 6.70. The van der Waals surface area contributed by atoms with Gasteiger partial charge in [0.2, 0.25) is 0 Å². The Morgan fingerprint density at radius 3 is 2.86 bits per heavy atom. The lowest BCUT2D eigenvalue weighted by Crippen LogP contribution is -2.52. The molecular weight excluding hydrogens is 272 g/mol. The summed E-state index contributed by atoms with van der Waals surface area (Å²) >= 11 is 0. The summed E-state index contributed by atoms with van der Waals surface area (Å²) in [6, 6.07) is 0. The normalized spacial score (nSPS) is 13.7. The van der Waals surface area contributed by atoms with Gasteiger partial charge < -0.3 is 10.1 Å². The van der Waals surface area contributed by atoms with Crippen molar-refractivity contribution in [2.24, 2.45) is 0 Å².